The molecule has 0 saturated heterocycles. The summed E-state index contributed by atoms with van der Waals surface area (Å²) in [4.78, 5) is 13.6. The molecule has 3 N–H and O–H groups in total. The lowest BCUT2D eigenvalue weighted by Crippen LogP contribution is -2.00. The first-order chi connectivity index (χ1) is 14.7. The summed E-state index contributed by atoms with van der Waals surface area (Å²) < 4.78 is 6.58. The SMILES string of the molecule is CNc1ccnc(Cc2cc(Nc3nc(C)cn4c(-c5cn[nH]c5)cnc34)sn2)c1. The van der Waals surface area contributed by atoms with Crippen LogP contribution in [0.25, 0.3) is 16.9 Å². The first-order valence-corrected chi connectivity index (χ1v) is 10.2. The first kappa shape index (κ1) is 18.3. The van der Waals surface area contributed by atoms with Crippen LogP contribution in [0.2, 0.25) is 0 Å². The number of aryl methyl sites for hydroxylation is 1. The van der Waals surface area contributed by atoms with Gasteiger partial charge in [-0.3, -0.25) is 14.5 Å². The van der Waals surface area contributed by atoms with Crippen molar-refractivity contribution in [1.29, 1.82) is 0 Å². The number of hydrogen-bond acceptors (Lipinski definition) is 8. The molecule has 150 valence electrons. The molecule has 9 nitrogen and oxygen atoms in total. The van der Waals surface area contributed by atoms with Gasteiger partial charge in [0.05, 0.1) is 29.5 Å². The van der Waals surface area contributed by atoms with Crippen LogP contribution in [0.4, 0.5) is 16.5 Å². The standard InChI is InChI=1S/C20H19N9S/c1-12-11-29-17(13-8-24-25-9-13)10-23-20(29)19(26-12)27-18-7-16(28-30-18)6-15-5-14(21-2)3-4-22-15/h3-5,7-11H,6H2,1-2H3,(H,21,22)(H,24,25)(H,26,27). The van der Waals surface area contributed by atoms with E-state index >= 15 is 0 Å². The molecule has 0 saturated carbocycles. The number of fused-ring (bicyclic) bond motifs is 1. The summed E-state index contributed by atoms with van der Waals surface area (Å²) >= 11 is 1.40. The Labute approximate surface area is 176 Å². The van der Waals surface area contributed by atoms with Crippen molar-refractivity contribution in [2.45, 2.75) is 13.3 Å². The Morgan fingerprint density at radius 3 is 2.93 bits per heavy atom. The normalized spacial score (nSPS) is 11.1. The third-order valence-corrected chi connectivity index (χ3v) is 5.42. The number of rotatable bonds is 6. The van der Waals surface area contributed by atoms with E-state index in [9.17, 15) is 0 Å². The second kappa shape index (κ2) is 7.56. The maximum atomic E-state index is 4.65. The third kappa shape index (κ3) is 3.48. The Kier molecular flexibility index (Phi) is 4.60. The van der Waals surface area contributed by atoms with Crippen molar-refractivity contribution in [3.8, 4) is 11.3 Å². The molecule has 5 aromatic heterocycles. The van der Waals surface area contributed by atoms with Crippen LogP contribution in [0.3, 0.4) is 0 Å². The Balaban J connectivity index is 1.42. The molecule has 0 spiro atoms. The molecule has 10 heteroatoms. The monoisotopic (exact) mass is 417 g/mol. The van der Waals surface area contributed by atoms with Gasteiger partial charge in [0, 0.05) is 49.0 Å². The topological polar surface area (TPSA) is 109 Å². The van der Waals surface area contributed by atoms with Gasteiger partial charge >= 0.3 is 0 Å². The van der Waals surface area contributed by atoms with Crippen molar-refractivity contribution in [2.75, 3.05) is 17.7 Å². The molecule has 0 aliphatic heterocycles. The number of hydrogen-bond donors (Lipinski definition) is 3. The maximum absolute atomic E-state index is 4.65. The summed E-state index contributed by atoms with van der Waals surface area (Å²) in [6.45, 7) is 1.96. The van der Waals surface area contributed by atoms with E-state index in [1.807, 2.05) is 55.2 Å². The molecule has 5 rings (SSSR count). The molecule has 0 aliphatic rings. The predicted molar refractivity (Wildman–Crippen MR) is 117 cm³/mol. The average molecular weight is 418 g/mol. The number of imidazole rings is 1. The summed E-state index contributed by atoms with van der Waals surface area (Å²) in [5.74, 6) is 0.690. The van der Waals surface area contributed by atoms with Crippen molar-refractivity contribution in [1.82, 2.24) is 33.9 Å². The number of H-pyrrole nitrogens is 1. The van der Waals surface area contributed by atoms with E-state index in [1.54, 1.807) is 12.4 Å². The van der Waals surface area contributed by atoms with Crippen LogP contribution >= 0.6 is 11.5 Å². The maximum Gasteiger partial charge on any atom is 0.180 e. The Morgan fingerprint density at radius 2 is 2.10 bits per heavy atom. The van der Waals surface area contributed by atoms with Gasteiger partial charge in [-0.1, -0.05) is 0 Å². The number of aromatic nitrogens is 7. The Morgan fingerprint density at radius 1 is 1.17 bits per heavy atom. The van der Waals surface area contributed by atoms with E-state index in [4.69, 9.17) is 0 Å². The Hall–Kier alpha value is -3.79. The van der Waals surface area contributed by atoms with Crippen LogP contribution in [0.15, 0.2) is 49.2 Å². The number of aromatic amines is 1. The molecular weight excluding hydrogens is 398 g/mol. The van der Waals surface area contributed by atoms with Crippen molar-refractivity contribution in [3.05, 3.63) is 66.3 Å². The van der Waals surface area contributed by atoms with Gasteiger partial charge in [-0.2, -0.15) is 9.47 Å². The third-order valence-electron chi connectivity index (χ3n) is 4.67. The van der Waals surface area contributed by atoms with Crippen LogP contribution in [-0.2, 0) is 6.42 Å². The van der Waals surface area contributed by atoms with Gasteiger partial charge in [0.1, 0.15) is 5.00 Å². The molecule has 5 aromatic rings. The molecule has 5 heterocycles. The molecule has 0 aliphatic carbocycles. The minimum absolute atomic E-state index is 0.665. The van der Waals surface area contributed by atoms with Gasteiger partial charge in [-0.25, -0.2) is 9.97 Å². The molecule has 0 fully saturated rings. The van der Waals surface area contributed by atoms with Gasteiger partial charge in [0.2, 0.25) is 0 Å². The number of nitrogens with one attached hydrogen (secondary N) is 3. The average Bonchev–Trinajstić information content (AvgIpc) is 3.49. The lowest BCUT2D eigenvalue weighted by atomic mass is 10.2. The summed E-state index contributed by atoms with van der Waals surface area (Å²) in [6, 6.07) is 5.99. The Bertz CT molecular complexity index is 1300. The molecule has 0 bridgehead atoms. The van der Waals surface area contributed by atoms with E-state index in [1.165, 1.54) is 11.5 Å². The van der Waals surface area contributed by atoms with E-state index in [2.05, 4.69) is 40.2 Å². The van der Waals surface area contributed by atoms with E-state index in [0.717, 1.165) is 44.7 Å². The second-order valence-corrected chi connectivity index (χ2v) is 7.63. The zero-order valence-corrected chi connectivity index (χ0v) is 17.2. The summed E-state index contributed by atoms with van der Waals surface area (Å²) in [7, 11) is 1.90. The minimum Gasteiger partial charge on any atom is -0.388 e. The molecule has 0 amide bonds. The molecule has 30 heavy (non-hydrogen) atoms. The van der Waals surface area contributed by atoms with E-state index in [-0.39, 0.29) is 0 Å². The van der Waals surface area contributed by atoms with Gasteiger partial charge in [-0.05, 0) is 36.7 Å². The van der Waals surface area contributed by atoms with Crippen molar-refractivity contribution in [3.63, 3.8) is 0 Å². The molecule has 0 unspecified atom stereocenters. The largest absolute Gasteiger partial charge is 0.388 e. The van der Waals surface area contributed by atoms with E-state index in [0.29, 0.717) is 12.2 Å². The quantitative estimate of drug-likeness (QED) is 0.387. The zero-order chi connectivity index (χ0) is 20.5. The summed E-state index contributed by atoms with van der Waals surface area (Å²) in [5, 5.41) is 14.3. The summed E-state index contributed by atoms with van der Waals surface area (Å²) in [5.41, 5.74) is 6.50. The van der Waals surface area contributed by atoms with Gasteiger partial charge in [0.15, 0.2) is 11.5 Å². The lowest BCUT2D eigenvalue weighted by Gasteiger charge is -2.07. The van der Waals surface area contributed by atoms with Crippen LogP contribution in [0.5, 0.6) is 0 Å². The predicted octanol–water partition coefficient (Wildman–Crippen LogP) is 3.66. The van der Waals surface area contributed by atoms with Crippen LogP contribution in [0.1, 0.15) is 17.1 Å². The van der Waals surface area contributed by atoms with Crippen LogP contribution in [-0.4, -0.2) is 41.0 Å². The van der Waals surface area contributed by atoms with E-state index < -0.39 is 0 Å². The smallest absolute Gasteiger partial charge is 0.180 e. The number of anilines is 3. The highest BCUT2D eigenvalue weighted by atomic mass is 32.1. The fraction of sp³-hybridized carbons (Fsp3) is 0.150. The molecule has 0 atom stereocenters. The highest BCUT2D eigenvalue weighted by molar-refractivity contribution is 7.10. The lowest BCUT2D eigenvalue weighted by molar-refractivity contribution is 1.04. The highest BCUT2D eigenvalue weighted by Gasteiger charge is 2.14. The highest BCUT2D eigenvalue weighted by Crippen LogP contribution is 2.27. The molecular formula is C20H19N9S. The fourth-order valence-electron chi connectivity index (χ4n) is 3.28. The van der Waals surface area contributed by atoms with Crippen LogP contribution in [0, 0.1) is 6.92 Å². The molecule has 0 aromatic carbocycles. The zero-order valence-electron chi connectivity index (χ0n) is 16.4. The van der Waals surface area contributed by atoms with Gasteiger partial charge in [-0.15, -0.1) is 0 Å². The van der Waals surface area contributed by atoms with Gasteiger partial charge in [0.25, 0.3) is 0 Å². The number of nitrogens with zero attached hydrogens (tertiary/aromatic N) is 6. The van der Waals surface area contributed by atoms with Crippen molar-refractivity contribution >= 4 is 33.7 Å². The molecule has 0 radical (unpaired) electrons. The van der Waals surface area contributed by atoms with Crippen molar-refractivity contribution in [2.24, 2.45) is 0 Å². The minimum atomic E-state index is 0.665. The first-order valence-electron chi connectivity index (χ1n) is 9.39. The van der Waals surface area contributed by atoms with Crippen LogP contribution < -0.4 is 10.6 Å². The summed E-state index contributed by atoms with van der Waals surface area (Å²) in [6.07, 6.45) is 9.88. The van der Waals surface area contributed by atoms with Gasteiger partial charge < -0.3 is 10.6 Å². The second-order valence-electron chi connectivity index (χ2n) is 6.83. The van der Waals surface area contributed by atoms with Crippen molar-refractivity contribution < 1.29 is 0 Å². The fourth-order valence-corrected chi connectivity index (χ4v) is 3.95. The number of pyridine rings is 1.